The van der Waals surface area contributed by atoms with Crippen molar-refractivity contribution in [1.82, 2.24) is 4.90 Å². The highest BCUT2D eigenvalue weighted by Gasteiger charge is 2.31. The molecule has 0 atom stereocenters. The van der Waals surface area contributed by atoms with E-state index in [0.29, 0.717) is 48.2 Å². The van der Waals surface area contributed by atoms with E-state index < -0.39 is 10.0 Å². The zero-order valence-corrected chi connectivity index (χ0v) is 24.6. The number of ether oxygens (including phenoxy) is 1. The number of hydrogen-bond donors (Lipinski definition) is 0. The number of halogens is 1. The zero-order chi connectivity index (χ0) is 29.0. The van der Waals surface area contributed by atoms with Gasteiger partial charge in [-0.2, -0.15) is 0 Å². The highest BCUT2D eigenvalue weighted by atomic mass is 35.5. The van der Waals surface area contributed by atoms with Crippen molar-refractivity contribution in [1.29, 1.82) is 0 Å². The number of para-hydroxylation sites is 1. The van der Waals surface area contributed by atoms with Crippen molar-refractivity contribution in [2.45, 2.75) is 18.4 Å². The van der Waals surface area contributed by atoms with Crippen molar-refractivity contribution < 1.29 is 17.9 Å². The van der Waals surface area contributed by atoms with Crippen LogP contribution in [-0.2, 0) is 16.6 Å². The molecule has 0 aliphatic carbocycles. The van der Waals surface area contributed by atoms with Crippen molar-refractivity contribution in [2.24, 2.45) is 0 Å². The van der Waals surface area contributed by atoms with Crippen molar-refractivity contribution in [3.8, 4) is 5.75 Å². The predicted molar refractivity (Wildman–Crippen MR) is 164 cm³/mol. The largest absolute Gasteiger partial charge is 0.497 e. The van der Waals surface area contributed by atoms with Gasteiger partial charge in [0.25, 0.3) is 15.9 Å². The second-order valence-corrected chi connectivity index (χ2v) is 12.2. The summed E-state index contributed by atoms with van der Waals surface area (Å²) in [4.78, 5) is 18.1. The second-order valence-electron chi connectivity index (χ2n) is 9.90. The minimum Gasteiger partial charge on any atom is -0.497 e. The lowest BCUT2D eigenvalue weighted by Crippen LogP contribution is -2.49. The van der Waals surface area contributed by atoms with Crippen LogP contribution in [0.5, 0.6) is 5.75 Å². The lowest BCUT2D eigenvalue weighted by atomic mass is 10.1. The monoisotopic (exact) mass is 589 g/mol. The number of piperazine rings is 1. The molecule has 0 radical (unpaired) electrons. The summed E-state index contributed by atoms with van der Waals surface area (Å²) in [6.45, 7) is 4.41. The van der Waals surface area contributed by atoms with Crippen molar-refractivity contribution >= 4 is 38.9 Å². The van der Waals surface area contributed by atoms with Crippen LogP contribution in [0.4, 0.5) is 11.4 Å². The van der Waals surface area contributed by atoms with E-state index in [1.807, 2.05) is 55.5 Å². The average Bonchev–Trinajstić information content (AvgIpc) is 3.01. The first kappa shape index (κ1) is 28.5. The Balaban J connectivity index is 1.46. The molecule has 0 bridgehead atoms. The lowest BCUT2D eigenvalue weighted by Gasteiger charge is -2.37. The van der Waals surface area contributed by atoms with E-state index in [1.165, 1.54) is 23.5 Å². The number of rotatable bonds is 8. The SMILES string of the molecule is COc1ccc(S(=O)(=O)N(Cc2ccccc2)c2ccccc2C(=O)N2CCN(c3cc(Cl)ccc3C)CC2)cc1. The summed E-state index contributed by atoms with van der Waals surface area (Å²) in [5.74, 6) is 0.354. The fourth-order valence-electron chi connectivity index (χ4n) is 5.04. The number of sulfonamides is 1. The number of hydrogen-bond acceptors (Lipinski definition) is 5. The summed E-state index contributed by atoms with van der Waals surface area (Å²) >= 11 is 6.25. The van der Waals surface area contributed by atoms with Crippen molar-refractivity contribution in [2.75, 3.05) is 42.5 Å². The maximum atomic E-state index is 14.1. The molecule has 5 rings (SSSR count). The van der Waals surface area contributed by atoms with E-state index in [-0.39, 0.29) is 17.3 Å². The molecule has 0 saturated carbocycles. The van der Waals surface area contributed by atoms with Crippen LogP contribution >= 0.6 is 11.6 Å². The molecule has 0 N–H and O–H groups in total. The Bertz CT molecular complexity index is 1620. The van der Waals surface area contributed by atoms with Crippen molar-refractivity contribution in [3.05, 3.63) is 119 Å². The van der Waals surface area contributed by atoms with Crippen molar-refractivity contribution in [3.63, 3.8) is 0 Å². The number of carbonyl (C=O) groups excluding carboxylic acids is 1. The number of anilines is 2. The molecule has 1 amide bonds. The fourth-order valence-corrected chi connectivity index (χ4v) is 6.68. The van der Waals surface area contributed by atoms with Crippen LogP contribution in [0, 0.1) is 6.92 Å². The number of carbonyl (C=O) groups is 1. The third kappa shape index (κ3) is 6.19. The lowest BCUT2D eigenvalue weighted by molar-refractivity contribution is 0.0747. The standard InChI is InChI=1S/C32H32ClN3O4S/c1-24-12-13-26(33)22-31(24)34-18-20-35(21-19-34)32(37)29-10-6-7-11-30(29)36(23-25-8-4-3-5-9-25)41(38,39)28-16-14-27(40-2)15-17-28/h3-17,22H,18-21,23H2,1-2H3. The first-order valence-corrected chi connectivity index (χ1v) is 15.2. The molecule has 1 aliphatic rings. The van der Waals surface area contributed by atoms with Gasteiger partial charge in [-0.3, -0.25) is 9.10 Å². The minimum absolute atomic E-state index is 0.0708. The molecular weight excluding hydrogens is 558 g/mol. The Morgan fingerprint density at radius 2 is 1.54 bits per heavy atom. The van der Waals surface area contributed by atoms with Gasteiger partial charge in [-0.1, -0.05) is 60.1 Å². The summed E-state index contributed by atoms with van der Waals surface area (Å²) in [6.07, 6.45) is 0. The molecule has 9 heteroatoms. The number of benzene rings is 4. The van der Waals surface area contributed by atoms with Crippen LogP contribution in [0.15, 0.2) is 102 Å². The van der Waals surface area contributed by atoms with Gasteiger partial charge >= 0.3 is 0 Å². The molecule has 1 fully saturated rings. The van der Waals surface area contributed by atoms with Crippen LogP contribution in [0.3, 0.4) is 0 Å². The molecule has 212 valence electrons. The summed E-state index contributed by atoms with van der Waals surface area (Å²) in [6, 6.07) is 28.4. The minimum atomic E-state index is -4.03. The number of amides is 1. The molecule has 4 aromatic carbocycles. The van der Waals surface area contributed by atoms with Gasteiger partial charge in [0, 0.05) is 36.9 Å². The van der Waals surface area contributed by atoms with Crippen LogP contribution in [-0.4, -0.2) is 52.5 Å². The molecule has 1 heterocycles. The zero-order valence-electron chi connectivity index (χ0n) is 23.0. The Kier molecular flexibility index (Phi) is 8.52. The van der Waals surface area contributed by atoms with Gasteiger partial charge in [-0.25, -0.2) is 8.42 Å². The van der Waals surface area contributed by atoms with Crippen LogP contribution in [0.2, 0.25) is 5.02 Å². The third-order valence-electron chi connectivity index (χ3n) is 7.30. The number of nitrogens with zero attached hydrogens (tertiary/aromatic N) is 3. The summed E-state index contributed by atoms with van der Waals surface area (Å²) in [7, 11) is -2.50. The Hall–Kier alpha value is -4.01. The quantitative estimate of drug-likeness (QED) is 0.252. The van der Waals surface area contributed by atoms with Crippen LogP contribution < -0.4 is 13.9 Å². The van der Waals surface area contributed by atoms with Gasteiger partial charge < -0.3 is 14.5 Å². The molecule has 1 aliphatic heterocycles. The molecule has 7 nitrogen and oxygen atoms in total. The summed E-state index contributed by atoms with van der Waals surface area (Å²) < 4.78 is 34.7. The second kappa shape index (κ2) is 12.2. The van der Waals surface area contributed by atoms with Gasteiger partial charge in [0.15, 0.2) is 0 Å². The van der Waals surface area contributed by atoms with Crippen LogP contribution in [0.1, 0.15) is 21.5 Å². The van der Waals surface area contributed by atoms with E-state index in [9.17, 15) is 13.2 Å². The van der Waals surface area contributed by atoms with E-state index in [1.54, 1.807) is 41.3 Å². The van der Waals surface area contributed by atoms with E-state index >= 15 is 0 Å². The van der Waals surface area contributed by atoms with Gasteiger partial charge in [0.2, 0.25) is 0 Å². The van der Waals surface area contributed by atoms with Gasteiger partial charge in [0.1, 0.15) is 5.75 Å². The van der Waals surface area contributed by atoms with Gasteiger partial charge in [-0.15, -0.1) is 0 Å². The third-order valence-corrected chi connectivity index (χ3v) is 9.31. The first-order chi connectivity index (χ1) is 19.8. The molecular formula is C32H32ClN3O4S. The summed E-state index contributed by atoms with van der Waals surface area (Å²) in [5, 5.41) is 0.676. The predicted octanol–water partition coefficient (Wildman–Crippen LogP) is 6.01. The van der Waals surface area contributed by atoms with Crippen LogP contribution in [0.25, 0.3) is 0 Å². The maximum absolute atomic E-state index is 14.1. The van der Waals surface area contributed by atoms with E-state index in [0.717, 1.165) is 16.8 Å². The average molecular weight is 590 g/mol. The molecule has 0 spiro atoms. The van der Waals surface area contributed by atoms with Gasteiger partial charge in [0.05, 0.1) is 29.8 Å². The number of methoxy groups -OCH3 is 1. The normalized spacial score (nSPS) is 13.6. The summed E-state index contributed by atoms with van der Waals surface area (Å²) in [5.41, 5.74) is 3.67. The molecule has 0 aromatic heterocycles. The molecule has 1 saturated heterocycles. The van der Waals surface area contributed by atoms with E-state index in [4.69, 9.17) is 16.3 Å². The Morgan fingerprint density at radius 3 is 2.22 bits per heavy atom. The smallest absolute Gasteiger partial charge is 0.264 e. The highest BCUT2D eigenvalue weighted by Crippen LogP contribution is 2.32. The van der Waals surface area contributed by atoms with E-state index in [2.05, 4.69) is 4.90 Å². The molecule has 0 unspecified atom stereocenters. The van der Waals surface area contributed by atoms with Gasteiger partial charge in [-0.05, 0) is 66.6 Å². The number of aryl methyl sites for hydroxylation is 1. The molecule has 4 aromatic rings. The highest BCUT2D eigenvalue weighted by molar-refractivity contribution is 7.92. The maximum Gasteiger partial charge on any atom is 0.264 e. The fraction of sp³-hybridized carbons (Fsp3) is 0.219. The Morgan fingerprint density at radius 1 is 0.878 bits per heavy atom. The topological polar surface area (TPSA) is 70.2 Å². The molecule has 41 heavy (non-hydrogen) atoms. The Labute approximate surface area is 246 Å². The first-order valence-electron chi connectivity index (χ1n) is 13.4.